The summed E-state index contributed by atoms with van der Waals surface area (Å²) < 4.78 is 5.40. The van der Waals surface area contributed by atoms with Gasteiger partial charge in [-0.05, 0) is 37.1 Å². The first-order valence-electron chi connectivity index (χ1n) is 5.96. The van der Waals surface area contributed by atoms with Crippen LogP contribution in [0.5, 0.6) is 0 Å². The summed E-state index contributed by atoms with van der Waals surface area (Å²) in [6.45, 7) is 3.80. The van der Waals surface area contributed by atoms with Crippen molar-refractivity contribution in [2.45, 2.75) is 25.8 Å². The van der Waals surface area contributed by atoms with Crippen LogP contribution in [0.4, 0.5) is 0 Å². The molecule has 92 valence electrons. The first kappa shape index (κ1) is 12.4. The van der Waals surface area contributed by atoms with E-state index in [4.69, 9.17) is 16.3 Å². The van der Waals surface area contributed by atoms with Crippen LogP contribution in [0.15, 0.2) is 30.2 Å². The second kappa shape index (κ2) is 6.03. The summed E-state index contributed by atoms with van der Waals surface area (Å²) in [5.74, 6) is 0. The predicted molar refractivity (Wildman–Crippen MR) is 68.9 cm³/mol. The van der Waals surface area contributed by atoms with E-state index in [0.29, 0.717) is 5.02 Å². The Morgan fingerprint density at radius 2 is 2.41 bits per heavy atom. The number of pyridine rings is 1. The van der Waals surface area contributed by atoms with Crippen LogP contribution in [-0.2, 0) is 4.74 Å². The van der Waals surface area contributed by atoms with Gasteiger partial charge in [0.05, 0.1) is 29.6 Å². The van der Waals surface area contributed by atoms with E-state index in [1.807, 2.05) is 18.4 Å². The molecule has 0 saturated carbocycles. The highest BCUT2D eigenvalue weighted by Gasteiger charge is 2.19. The Morgan fingerprint density at radius 3 is 3.00 bits per heavy atom. The lowest BCUT2D eigenvalue weighted by Crippen LogP contribution is -2.25. The van der Waals surface area contributed by atoms with Gasteiger partial charge in [0.1, 0.15) is 0 Å². The van der Waals surface area contributed by atoms with Crippen molar-refractivity contribution in [3.63, 3.8) is 0 Å². The molecule has 0 spiro atoms. The standard InChI is InChI=1S/C13H17ClN2O/c1-2-15-13(10-4-3-7-17-9-10)12-6-5-11(14)8-16-12/h5-6,8-9,13,15H,2-4,7H2,1H3. The SMILES string of the molecule is CCNC(C1=COCCC1)c1ccc(Cl)cn1. The van der Waals surface area contributed by atoms with Crippen LogP contribution in [-0.4, -0.2) is 18.1 Å². The molecule has 2 heterocycles. The highest BCUT2D eigenvalue weighted by Crippen LogP contribution is 2.26. The molecule has 1 unspecified atom stereocenters. The lowest BCUT2D eigenvalue weighted by atomic mass is 9.99. The smallest absolute Gasteiger partial charge is 0.0876 e. The normalized spacial score (nSPS) is 17.2. The molecule has 0 bridgehead atoms. The summed E-state index contributed by atoms with van der Waals surface area (Å²) >= 11 is 5.86. The fourth-order valence-electron chi connectivity index (χ4n) is 1.98. The van der Waals surface area contributed by atoms with Crippen LogP contribution in [0.3, 0.4) is 0 Å². The van der Waals surface area contributed by atoms with E-state index < -0.39 is 0 Å². The molecular formula is C13H17ClN2O. The zero-order valence-corrected chi connectivity index (χ0v) is 10.7. The second-order valence-corrected chi connectivity index (χ2v) is 4.50. The van der Waals surface area contributed by atoms with Gasteiger partial charge >= 0.3 is 0 Å². The van der Waals surface area contributed by atoms with E-state index in [2.05, 4.69) is 17.2 Å². The molecule has 1 atom stereocenters. The third-order valence-electron chi connectivity index (χ3n) is 2.79. The zero-order chi connectivity index (χ0) is 12.1. The molecule has 0 aromatic carbocycles. The Bertz CT molecular complexity index is 389. The minimum absolute atomic E-state index is 0.137. The van der Waals surface area contributed by atoms with Gasteiger partial charge in [-0.2, -0.15) is 0 Å². The van der Waals surface area contributed by atoms with Crippen LogP contribution >= 0.6 is 11.6 Å². The summed E-state index contributed by atoms with van der Waals surface area (Å²) in [4.78, 5) is 4.38. The van der Waals surface area contributed by atoms with E-state index in [1.54, 1.807) is 6.20 Å². The van der Waals surface area contributed by atoms with Crippen molar-refractivity contribution >= 4 is 11.6 Å². The molecule has 1 aliphatic rings. The summed E-state index contributed by atoms with van der Waals surface area (Å²) in [6.07, 6.45) is 5.68. The first-order valence-corrected chi connectivity index (χ1v) is 6.34. The van der Waals surface area contributed by atoms with Crippen LogP contribution in [0, 0.1) is 0 Å². The zero-order valence-electron chi connectivity index (χ0n) is 9.95. The van der Waals surface area contributed by atoms with E-state index in [0.717, 1.165) is 31.7 Å². The number of nitrogens with one attached hydrogen (secondary N) is 1. The quantitative estimate of drug-likeness (QED) is 0.894. The minimum atomic E-state index is 0.137. The number of rotatable bonds is 4. The van der Waals surface area contributed by atoms with Gasteiger partial charge in [0.2, 0.25) is 0 Å². The average molecular weight is 253 g/mol. The maximum Gasteiger partial charge on any atom is 0.0876 e. The number of likely N-dealkylation sites (N-methyl/N-ethyl adjacent to an activating group) is 1. The highest BCUT2D eigenvalue weighted by atomic mass is 35.5. The van der Waals surface area contributed by atoms with Gasteiger partial charge in [0, 0.05) is 6.20 Å². The summed E-state index contributed by atoms with van der Waals surface area (Å²) in [6, 6.07) is 3.97. The van der Waals surface area contributed by atoms with Crippen molar-refractivity contribution in [2.75, 3.05) is 13.2 Å². The number of aromatic nitrogens is 1. The van der Waals surface area contributed by atoms with Gasteiger partial charge in [-0.3, -0.25) is 4.98 Å². The molecular weight excluding hydrogens is 236 g/mol. The first-order chi connectivity index (χ1) is 8.31. The monoisotopic (exact) mass is 252 g/mol. The largest absolute Gasteiger partial charge is 0.501 e. The predicted octanol–water partition coefficient (Wildman–Crippen LogP) is 3.08. The summed E-state index contributed by atoms with van der Waals surface area (Å²) in [5, 5.41) is 4.10. The Labute approximate surface area is 107 Å². The van der Waals surface area contributed by atoms with Gasteiger partial charge in [-0.1, -0.05) is 18.5 Å². The van der Waals surface area contributed by atoms with Gasteiger partial charge in [-0.25, -0.2) is 0 Å². The van der Waals surface area contributed by atoms with Crippen molar-refractivity contribution in [3.8, 4) is 0 Å². The van der Waals surface area contributed by atoms with Crippen LogP contribution in [0.1, 0.15) is 31.5 Å². The third-order valence-corrected chi connectivity index (χ3v) is 3.01. The minimum Gasteiger partial charge on any atom is -0.501 e. The van der Waals surface area contributed by atoms with Crippen molar-refractivity contribution in [2.24, 2.45) is 0 Å². The molecule has 1 aromatic heterocycles. The van der Waals surface area contributed by atoms with Gasteiger partial charge < -0.3 is 10.1 Å². The topological polar surface area (TPSA) is 34.1 Å². The Morgan fingerprint density at radius 1 is 1.53 bits per heavy atom. The van der Waals surface area contributed by atoms with Crippen molar-refractivity contribution in [1.29, 1.82) is 0 Å². The fraction of sp³-hybridized carbons (Fsp3) is 0.462. The number of hydrogen-bond donors (Lipinski definition) is 1. The van der Waals surface area contributed by atoms with Crippen molar-refractivity contribution in [3.05, 3.63) is 40.9 Å². The Hall–Kier alpha value is -1.06. The molecule has 0 aliphatic carbocycles. The van der Waals surface area contributed by atoms with E-state index in [9.17, 15) is 0 Å². The van der Waals surface area contributed by atoms with Gasteiger partial charge in [-0.15, -0.1) is 0 Å². The maximum absolute atomic E-state index is 5.86. The van der Waals surface area contributed by atoms with Crippen molar-refractivity contribution < 1.29 is 4.74 Å². The maximum atomic E-state index is 5.86. The molecule has 1 aromatic rings. The molecule has 2 rings (SSSR count). The van der Waals surface area contributed by atoms with E-state index in [1.165, 1.54) is 5.57 Å². The van der Waals surface area contributed by atoms with Crippen LogP contribution in [0.25, 0.3) is 0 Å². The fourth-order valence-corrected chi connectivity index (χ4v) is 2.10. The lowest BCUT2D eigenvalue weighted by molar-refractivity contribution is 0.219. The third kappa shape index (κ3) is 3.20. The van der Waals surface area contributed by atoms with Crippen LogP contribution in [0.2, 0.25) is 5.02 Å². The number of ether oxygens (including phenoxy) is 1. The van der Waals surface area contributed by atoms with Gasteiger partial charge in [0.15, 0.2) is 0 Å². The molecule has 0 fully saturated rings. The Kier molecular flexibility index (Phi) is 4.40. The molecule has 3 nitrogen and oxygen atoms in total. The second-order valence-electron chi connectivity index (χ2n) is 4.06. The number of hydrogen-bond acceptors (Lipinski definition) is 3. The molecule has 1 aliphatic heterocycles. The molecule has 0 saturated heterocycles. The summed E-state index contributed by atoms with van der Waals surface area (Å²) in [5.41, 5.74) is 2.25. The van der Waals surface area contributed by atoms with Crippen LogP contribution < -0.4 is 5.32 Å². The number of nitrogens with zero attached hydrogens (tertiary/aromatic N) is 1. The lowest BCUT2D eigenvalue weighted by Gasteiger charge is -2.23. The average Bonchev–Trinajstić information content (AvgIpc) is 2.38. The Balaban J connectivity index is 2.21. The number of halogens is 1. The molecule has 0 radical (unpaired) electrons. The molecule has 4 heteroatoms. The molecule has 17 heavy (non-hydrogen) atoms. The molecule has 0 amide bonds. The van der Waals surface area contributed by atoms with E-state index >= 15 is 0 Å². The highest BCUT2D eigenvalue weighted by molar-refractivity contribution is 6.30. The van der Waals surface area contributed by atoms with Gasteiger partial charge in [0.25, 0.3) is 0 Å². The van der Waals surface area contributed by atoms with Crippen molar-refractivity contribution in [1.82, 2.24) is 10.3 Å². The molecule has 1 N–H and O–H groups in total. The van der Waals surface area contributed by atoms with E-state index in [-0.39, 0.29) is 6.04 Å². The summed E-state index contributed by atoms with van der Waals surface area (Å²) in [7, 11) is 0.